The van der Waals surface area contributed by atoms with Crippen molar-refractivity contribution < 1.29 is 4.79 Å². The number of likely N-dealkylation sites (tertiary alicyclic amines) is 1. The van der Waals surface area contributed by atoms with Gasteiger partial charge in [-0.25, -0.2) is 0 Å². The number of carbonyl (C=O) groups is 1. The Kier molecular flexibility index (Phi) is 4.04. The van der Waals surface area contributed by atoms with Crippen molar-refractivity contribution in [3.05, 3.63) is 59.2 Å². The zero-order chi connectivity index (χ0) is 15.6. The third-order valence-corrected chi connectivity index (χ3v) is 5.40. The van der Waals surface area contributed by atoms with E-state index in [4.69, 9.17) is 0 Å². The lowest BCUT2D eigenvalue weighted by molar-refractivity contribution is -0.123. The number of hydrogen-bond acceptors (Lipinski definition) is 2. The molecule has 3 nitrogen and oxygen atoms in total. The molecule has 1 heterocycles. The summed E-state index contributed by atoms with van der Waals surface area (Å²) in [6, 6.07) is 11.0. The zero-order valence-corrected chi connectivity index (χ0v) is 13.5. The van der Waals surface area contributed by atoms with Gasteiger partial charge in [-0.3, -0.25) is 4.79 Å². The number of nitrogens with zero attached hydrogens (tertiary/aromatic N) is 1. The van der Waals surface area contributed by atoms with Crippen LogP contribution in [0.3, 0.4) is 0 Å². The van der Waals surface area contributed by atoms with Crippen LogP contribution in [0.1, 0.15) is 24.8 Å². The number of rotatable bonds is 5. The number of amides is 1. The molecule has 0 aromatic heterocycles. The van der Waals surface area contributed by atoms with Crippen LogP contribution in [0.5, 0.6) is 0 Å². The SMILES string of the molecule is O=C(N[C@H]1CCN(CCc2ccccc2)C1)C1C2=CC=C1CC2. The number of nitrogens with one attached hydrogen (secondary N) is 1. The molecule has 0 radical (unpaired) electrons. The standard InChI is InChI=1S/C20H24N2O/c23-20(19-16-6-7-17(19)9-8-16)21-18-11-13-22(14-18)12-10-15-4-2-1-3-5-15/h1-7,18-19H,8-14H2,(H,21,23)/t18-/m0/s1. The summed E-state index contributed by atoms with van der Waals surface area (Å²) in [4.78, 5) is 15.0. The minimum Gasteiger partial charge on any atom is -0.351 e. The Hall–Kier alpha value is -1.87. The fraction of sp³-hybridized carbons (Fsp3) is 0.450. The molecule has 3 aliphatic rings. The van der Waals surface area contributed by atoms with E-state index < -0.39 is 0 Å². The molecule has 2 bridgehead atoms. The molecule has 0 spiro atoms. The molecule has 120 valence electrons. The highest BCUT2D eigenvalue weighted by molar-refractivity contribution is 5.87. The summed E-state index contributed by atoms with van der Waals surface area (Å²) < 4.78 is 0. The lowest BCUT2D eigenvalue weighted by atomic mass is 10.0. The van der Waals surface area contributed by atoms with E-state index in [0.29, 0.717) is 6.04 Å². The van der Waals surface area contributed by atoms with Gasteiger partial charge in [-0.05, 0) is 31.2 Å². The molecule has 3 heteroatoms. The Bertz CT molecular complexity index is 627. The Balaban J connectivity index is 1.25. The van der Waals surface area contributed by atoms with Crippen molar-refractivity contribution in [3.8, 4) is 0 Å². The van der Waals surface area contributed by atoms with Gasteiger partial charge in [0.1, 0.15) is 0 Å². The number of benzene rings is 1. The van der Waals surface area contributed by atoms with Crippen molar-refractivity contribution in [2.24, 2.45) is 5.92 Å². The van der Waals surface area contributed by atoms with Crippen LogP contribution in [0.4, 0.5) is 0 Å². The van der Waals surface area contributed by atoms with Crippen molar-refractivity contribution in [2.45, 2.75) is 31.7 Å². The summed E-state index contributed by atoms with van der Waals surface area (Å²) in [5, 5.41) is 3.29. The molecule has 1 aromatic carbocycles. The summed E-state index contributed by atoms with van der Waals surface area (Å²) in [7, 11) is 0. The molecule has 2 aliphatic carbocycles. The van der Waals surface area contributed by atoms with Gasteiger partial charge in [0.05, 0.1) is 5.92 Å². The van der Waals surface area contributed by atoms with Gasteiger partial charge in [0.15, 0.2) is 0 Å². The fourth-order valence-corrected chi connectivity index (χ4v) is 4.10. The highest BCUT2D eigenvalue weighted by Gasteiger charge is 2.36. The van der Waals surface area contributed by atoms with Crippen molar-refractivity contribution in [3.63, 3.8) is 0 Å². The fourth-order valence-electron chi connectivity index (χ4n) is 4.10. The second-order valence-electron chi connectivity index (χ2n) is 6.95. The first-order chi connectivity index (χ1) is 11.3. The molecular formula is C20H24N2O. The van der Waals surface area contributed by atoms with E-state index in [9.17, 15) is 4.79 Å². The Morgan fingerprint density at radius 3 is 2.57 bits per heavy atom. The van der Waals surface area contributed by atoms with E-state index in [-0.39, 0.29) is 11.8 Å². The smallest absolute Gasteiger partial charge is 0.231 e. The third kappa shape index (κ3) is 3.11. The first-order valence-electron chi connectivity index (χ1n) is 8.76. The number of fused-ring (bicyclic) bond motifs is 2. The molecule has 1 saturated heterocycles. The molecule has 1 aliphatic heterocycles. The third-order valence-electron chi connectivity index (χ3n) is 5.40. The van der Waals surface area contributed by atoms with Crippen LogP contribution in [0.25, 0.3) is 0 Å². The van der Waals surface area contributed by atoms with Gasteiger partial charge in [0, 0.05) is 25.7 Å². The predicted molar refractivity (Wildman–Crippen MR) is 92.0 cm³/mol. The quantitative estimate of drug-likeness (QED) is 0.907. The van der Waals surface area contributed by atoms with E-state index >= 15 is 0 Å². The molecule has 1 N–H and O–H groups in total. The van der Waals surface area contributed by atoms with Crippen molar-refractivity contribution in [2.75, 3.05) is 19.6 Å². The normalized spacial score (nSPS) is 23.9. The van der Waals surface area contributed by atoms with Crippen LogP contribution < -0.4 is 5.32 Å². The average Bonchev–Trinajstić information content (AvgIpc) is 3.29. The van der Waals surface area contributed by atoms with Crippen LogP contribution in [0.15, 0.2) is 53.6 Å². The summed E-state index contributed by atoms with van der Waals surface area (Å²) in [5.74, 6) is 0.292. The van der Waals surface area contributed by atoms with E-state index in [1.54, 1.807) is 0 Å². The minimum absolute atomic E-state index is 0.0633. The van der Waals surface area contributed by atoms with Gasteiger partial charge in [-0.1, -0.05) is 53.6 Å². The second kappa shape index (κ2) is 6.32. The van der Waals surface area contributed by atoms with E-state index in [2.05, 4.69) is 52.7 Å². The van der Waals surface area contributed by atoms with Crippen LogP contribution in [-0.4, -0.2) is 36.5 Å². The van der Waals surface area contributed by atoms with Gasteiger partial charge in [-0.2, -0.15) is 0 Å². The van der Waals surface area contributed by atoms with Crippen LogP contribution >= 0.6 is 0 Å². The van der Waals surface area contributed by atoms with Crippen LogP contribution in [-0.2, 0) is 11.2 Å². The molecular weight excluding hydrogens is 284 g/mol. The highest BCUT2D eigenvalue weighted by atomic mass is 16.2. The van der Waals surface area contributed by atoms with Gasteiger partial charge in [0.2, 0.25) is 5.91 Å². The number of allylic oxidation sites excluding steroid dienone is 2. The van der Waals surface area contributed by atoms with Crippen LogP contribution in [0.2, 0.25) is 0 Å². The highest BCUT2D eigenvalue weighted by Crippen LogP contribution is 2.41. The van der Waals surface area contributed by atoms with Gasteiger partial charge in [0.25, 0.3) is 0 Å². The lowest BCUT2D eigenvalue weighted by Crippen LogP contribution is -2.40. The molecule has 2 fully saturated rings. The maximum atomic E-state index is 12.5. The Morgan fingerprint density at radius 2 is 1.87 bits per heavy atom. The maximum absolute atomic E-state index is 12.5. The molecule has 4 rings (SSSR count). The van der Waals surface area contributed by atoms with Crippen molar-refractivity contribution in [1.29, 1.82) is 0 Å². The molecule has 0 unspecified atom stereocenters. The zero-order valence-electron chi connectivity index (χ0n) is 13.5. The maximum Gasteiger partial charge on any atom is 0.231 e. The van der Waals surface area contributed by atoms with Gasteiger partial charge < -0.3 is 10.2 Å². The van der Waals surface area contributed by atoms with Gasteiger partial charge >= 0.3 is 0 Å². The van der Waals surface area contributed by atoms with Crippen molar-refractivity contribution in [1.82, 2.24) is 10.2 Å². The van der Waals surface area contributed by atoms with Crippen LogP contribution in [0, 0.1) is 5.92 Å². The monoisotopic (exact) mass is 308 g/mol. The molecule has 1 aromatic rings. The number of hydrogen-bond donors (Lipinski definition) is 1. The second-order valence-corrected chi connectivity index (χ2v) is 6.95. The lowest BCUT2D eigenvalue weighted by Gasteiger charge is -2.18. The largest absolute Gasteiger partial charge is 0.351 e. The minimum atomic E-state index is 0.0633. The van der Waals surface area contributed by atoms with E-state index in [0.717, 1.165) is 45.3 Å². The van der Waals surface area contributed by atoms with Crippen molar-refractivity contribution >= 4 is 5.91 Å². The molecule has 1 saturated carbocycles. The van der Waals surface area contributed by atoms with Gasteiger partial charge in [-0.15, -0.1) is 0 Å². The predicted octanol–water partition coefficient (Wildman–Crippen LogP) is 2.70. The topological polar surface area (TPSA) is 32.3 Å². The summed E-state index contributed by atoms with van der Waals surface area (Å²) in [5.41, 5.74) is 4.02. The molecule has 1 amide bonds. The Labute approximate surface area is 138 Å². The first kappa shape index (κ1) is 14.7. The summed E-state index contributed by atoms with van der Waals surface area (Å²) in [6.45, 7) is 3.16. The summed E-state index contributed by atoms with van der Waals surface area (Å²) >= 11 is 0. The average molecular weight is 308 g/mol. The first-order valence-corrected chi connectivity index (χ1v) is 8.76. The number of carbonyl (C=O) groups excluding carboxylic acids is 1. The molecule has 1 atom stereocenters. The molecule has 23 heavy (non-hydrogen) atoms. The Morgan fingerprint density at radius 1 is 1.13 bits per heavy atom. The van der Waals surface area contributed by atoms with E-state index in [1.165, 1.54) is 16.7 Å². The van der Waals surface area contributed by atoms with E-state index in [1.807, 2.05) is 0 Å². The summed E-state index contributed by atoms with van der Waals surface area (Å²) in [6.07, 6.45) is 8.61.